The third-order valence-corrected chi connectivity index (χ3v) is 4.40. The van der Waals surface area contributed by atoms with Gasteiger partial charge >= 0.3 is 5.97 Å². The van der Waals surface area contributed by atoms with E-state index >= 15 is 0 Å². The van der Waals surface area contributed by atoms with Crippen molar-refractivity contribution >= 4 is 12.3 Å². The summed E-state index contributed by atoms with van der Waals surface area (Å²) >= 11 is 0. The van der Waals surface area contributed by atoms with Crippen LogP contribution in [0.5, 0.6) is 5.75 Å². The van der Waals surface area contributed by atoms with Gasteiger partial charge in [0.2, 0.25) is 0 Å². The molecule has 1 heterocycles. The van der Waals surface area contributed by atoms with Crippen molar-refractivity contribution in [1.29, 1.82) is 0 Å². The van der Waals surface area contributed by atoms with Crippen molar-refractivity contribution in [1.82, 2.24) is 0 Å². The van der Waals surface area contributed by atoms with Crippen molar-refractivity contribution < 1.29 is 23.8 Å². The summed E-state index contributed by atoms with van der Waals surface area (Å²) in [4.78, 5) is 22.2. The molecule has 136 valence electrons. The van der Waals surface area contributed by atoms with Gasteiger partial charge in [-0.2, -0.15) is 0 Å². The number of aryl methyl sites for hydroxylation is 2. The Bertz CT molecular complexity index is 804. The molecule has 2 aromatic carbocycles. The first kappa shape index (κ1) is 18.1. The van der Waals surface area contributed by atoms with Gasteiger partial charge in [-0.1, -0.05) is 18.2 Å². The maximum atomic E-state index is 11.2. The van der Waals surface area contributed by atoms with E-state index in [0.29, 0.717) is 24.5 Å². The highest BCUT2D eigenvalue weighted by Crippen LogP contribution is 2.32. The molecule has 26 heavy (non-hydrogen) atoms. The number of carbonyl (C=O) groups excluding carboxylic acids is 2. The molecule has 0 saturated carbocycles. The monoisotopic (exact) mass is 354 g/mol. The predicted molar refractivity (Wildman–Crippen MR) is 97.5 cm³/mol. The summed E-state index contributed by atoms with van der Waals surface area (Å²) in [6.45, 7) is 6.14. The molecule has 0 amide bonds. The molecule has 0 spiro atoms. The van der Waals surface area contributed by atoms with Crippen molar-refractivity contribution in [3.05, 3.63) is 53.1 Å². The average Bonchev–Trinajstić information content (AvgIpc) is 3.00. The minimum Gasteiger partial charge on any atom is -0.484 e. The molecule has 0 radical (unpaired) electrons. The van der Waals surface area contributed by atoms with Gasteiger partial charge < -0.3 is 14.2 Å². The Morgan fingerprint density at radius 1 is 1.12 bits per heavy atom. The van der Waals surface area contributed by atoms with Crippen LogP contribution in [-0.4, -0.2) is 37.7 Å². The number of rotatable bonds is 5. The molecule has 0 aliphatic carbocycles. The lowest BCUT2D eigenvalue weighted by atomic mass is 9.94. The molecule has 0 bridgehead atoms. The zero-order chi connectivity index (χ0) is 18.7. The van der Waals surface area contributed by atoms with Crippen LogP contribution in [0.25, 0.3) is 11.1 Å². The molecule has 0 unspecified atom stereocenters. The van der Waals surface area contributed by atoms with Gasteiger partial charge in [-0.05, 0) is 54.3 Å². The fourth-order valence-electron chi connectivity index (χ4n) is 3.34. The third-order valence-electron chi connectivity index (χ3n) is 4.40. The van der Waals surface area contributed by atoms with E-state index in [1.54, 1.807) is 6.07 Å². The minimum absolute atomic E-state index is 0.318. The number of aldehydes is 1. The first-order valence-electron chi connectivity index (χ1n) is 8.56. The Balaban J connectivity index is 1.85. The van der Waals surface area contributed by atoms with Gasteiger partial charge in [0.15, 0.2) is 12.2 Å². The third kappa shape index (κ3) is 3.94. The topological polar surface area (TPSA) is 61.8 Å². The summed E-state index contributed by atoms with van der Waals surface area (Å²) in [5.41, 5.74) is 4.82. The zero-order valence-electron chi connectivity index (χ0n) is 15.2. The van der Waals surface area contributed by atoms with E-state index in [4.69, 9.17) is 14.2 Å². The lowest BCUT2D eigenvalue weighted by molar-refractivity contribution is -0.149. The van der Waals surface area contributed by atoms with E-state index in [0.717, 1.165) is 28.5 Å². The average molecular weight is 354 g/mol. The number of hydrogen-bond acceptors (Lipinski definition) is 5. The Labute approximate surface area is 152 Å². The lowest BCUT2D eigenvalue weighted by Gasteiger charge is -2.21. The van der Waals surface area contributed by atoms with E-state index < -0.39 is 6.10 Å². The summed E-state index contributed by atoms with van der Waals surface area (Å²) in [5.74, 6) is 0.370. The van der Waals surface area contributed by atoms with Crippen molar-refractivity contribution in [2.24, 2.45) is 0 Å². The van der Waals surface area contributed by atoms with Crippen molar-refractivity contribution in [3.63, 3.8) is 0 Å². The van der Waals surface area contributed by atoms with Crippen LogP contribution in [0.3, 0.4) is 0 Å². The SMILES string of the molecule is CC(=O)O[C@H]1COC[C@@H]1Oc1cc(C)c(-c2cccc(C=O)c2)c(C)c1. The second kappa shape index (κ2) is 7.70. The second-order valence-electron chi connectivity index (χ2n) is 6.52. The van der Waals surface area contributed by atoms with E-state index in [2.05, 4.69) is 0 Å². The van der Waals surface area contributed by atoms with Gasteiger partial charge in [-0.25, -0.2) is 0 Å². The summed E-state index contributed by atoms with van der Waals surface area (Å²) in [5, 5.41) is 0. The van der Waals surface area contributed by atoms with Gasteiger partial charge in [0.25, 0.3) is 0 Å². The molecule has 5 nitrogen and oxygen atoms in total. The summed E-state index contributed by atoms with van der Waals surface area (Å²) in [7, 11) is 0. The smallest absolute Gasteiger partial charge is 0.303 e. The van der Waals surface area contributed by atoms with E-state index in [1.165, 1.54) is 6.92 Å². The van der Waals surface area contributed by atoms with Crippen LogP contribution < -0.4 is 4.74 Å². The Morgan fingerprint density at radius 2 is 1.81 bits per heavy atom. The number of ether oxygens (including phenoxy) is 3. The lowest BCUT2D eigenvalue weighted by Crippen LogP contribution is -2.33. The van der Waals surface area contributed by atoms with Gasteiger partial charge in [-0.15, -0.1) is 0 Å². The van der Waals surface area contributed by atoms with Crippen molar-refractivity contribution in [2.75, 3.05) is 13.2 Å². The molecule has 0 aromatic heterocycles. The normalized spacial score (nSPS) is 19.2. The molecule has 1 saturated heterocycles. The van der Waals surface area contributed by atoms with Crippen LogP contribution in [0, 0.1) is 13.8 Å². The molecule has 5 heteroatoms. The maximum Gasteiger partial charge on any atom is 0.303 e. The molecule has 3 rings (SSSR count). The van der Waals surface area contributed by atoms with Gasteiger partial charge in [0.1, 0.15) is 12.0 Å². The van der Waals surface area contributed by atoms with Crippen LogP contribution >= 0.6 is 0 Å². The highest BCUT2D eigenvalue weighted by Gasteiger charge is 2.33. The fraction of sp³-hybridized carbons (Fsp3) is 0.333. The largest absolute Gasteiger partial charge is 0.484 e. The standard InChI is InChI=1S/C21H22O5/c1-13-7-18(26-20-12-24-11-19(20)25-15(3)23)8-14(2)21(13)17-6-4-5-16(9-17)10-22/h4-10,19-20H,11-12H2,1-3H3/t19-,20-/m0/s1. The van der Waals surface area contributed by atoms with E-state index in [9.17, 15) is 9.59 Å². The Hall–Kier alpha value is -2.66. The number of hydrogen-bond donors (Lipinski definition) is 0. The molecule has 0 N–H and O–H groups in total. The Kier molecular flexibility index (Phi) is 5.38. The van der Waals surface area contributed by atoms with Crippen LogP contribution in [-0.2, 0) is 14.3 Å². The predicted octanol–water partition coefficient (Wildman–Crippen LogP) is 3.49. The Morgan fingerprint density at radius 3 is 2.46 bits per heavy atom. The number of esters is 1. The minimum atomic E-state index is -0.392. The first-order chi connectivity index (χ1) is 12.5. The van der Waals surface area contributed by atoms with Crippen LogP contribution in [0.1, 0.15) is 28.4 Å². The van der Waals surface area contributed by atoms with Crippen molar-refractivity contribution in [2.45, 2.75) is 33.0 Å². The summed E-state index contributed by atoms with van der Waals surface area (Å²) in [6, 6.07) is 11.4. The highest BCUT2D eigenvalue weighted by atomic mass is 16.6. The quantitative estimate of drug-likeness (QED) is 0.607. The van der Waals surface area contributed by atoms with Gasteiger partial charge in [0, 0.05) is 12.5 Å². The van der Waals surface area contributed by atoms with Crippen LogP contribution in [0.4, 0.5) is 0 Å². The molecule has 2 atom stereocenters. The van der Waals surface area contributed by atoms with Crippen LogP contribution in [0.2, 0.25) is 0 Å². The maximum absolute atomic E-state index is 11.2. The summed E-state index contributed by atoms with van der Waals surface area (Å²) in [6.07, 6.45) is 0.139. The number of carbonyl (C=O) groups is 2. The molecular formula is C21H22O5. The van der Waals surface area contributed by atoms with Crippen LogP contribution in [0.15, 0.2) is 36.4 Å². The van der Waals surface area contributed by atoms with E-state index in [1.807, 2.05) is 44.2 Å². The second-order valence-corrected chi connectivity index (χ2v) is 6.52. The van der Waals surface area contributed by atoms with Crippen molar-refractivity contribution in [3.8, 4) is 16.9 Å². The van der Waals surface area contributed by atoms with Gasteiger partial charge in [-0.3, -0.25) is 9.59 Å². The molecule has 1 aliphatic heterocycles. The number of benzene rings is 2. The highest BCUT2D eigenvalue weighted by molar-refractivity contribution is 5.80. The molecule has 1 fully saturated rings. The van der Waals surface area contributed by atoms with E-state index in [-0.39, 0.29) is 12.1 Å². The molecule has 2 aromatic rings. The zero-order valence-corrected chi connectivity index (χ0v) is 15.2. The first-order valence-corrected chi connectivity index (χ1v) is 8.56. The summed E-state index contributed by atoms with van der Waals surface area (Å²) < 4.78 is 16.7. The molecule has 1 aliphatic rings. The fourth-order valence-corrected chi connectivity index (χ4v) is 3.34. The molecular weight excluding hydrogens is 332 g/mol. The van der Waals surface area contributed by atoms with Gasteiger partial charge in [0.05, 0.1) is 13.2 Å².